The van der Waals surface area contributed by atoms with Gasteiger partial charge >= 0.3 is 12.1 Å². The molecule has 1 aromatic heterocycles. The van der Waals surface area contributed by atoms with Gasteiger partial charge in [0.25, 0.3) is 0 Å². The molecule has 3 aromatic rings. The fourth-order valence-electron chi connectivity index (χ4n) is 2.27. The molecule has 0 radical (unpaired) electrons. The van der Waals surface area contributed by atoms with Gasteiger partial charge in [0.2, 0.25) is 5.95 Å². The van der Waals surface area contributed by atoms with Gasteiger partial charge in [-0.3, -0.25) is 0 Å². The first kappa shape index (κ1) is 19.1. The van der Waals surface area contributed by atoms with Gasteiger partial charge in [0.15, 0.2) is 5.82 Å². The molecule has 0 aliphatic rings. The summed E-state index contributed by atoms with van der Waals surface area (Å²) in [5.41, 5.74) is 0.407. The number of methoxy groups -OCH3 is 1. The second-order valence-electron chi connectivity index (χ2n) is 5.56. The van der Waals surface area contributed by atoms with Gasteiger partial charge < -0.3 is 15.4 Å². The van der Waals surface area contributed by atoms with Crippen LogP contribution in [-0.2, 0) is 10.9 Å². The normalized spacial score (nSPS) is 11.0. The Labute approximate surface area is 157 Å². The van der Waals surface area contributed by atoms with Crippen molar-refractivity contribution in [3.05, 3.63) is 65.9 Å². The van der Waals surface area contributed by atoms with Gasteiger partial charge in [0.1, 0.15) is 0 Å². The Balaban J connectivity index is 1.73. The number of halogens is 3. The van der Waals surface area contributed by atoms with Crippen molar-refractivity contribution in [2.45, 2.75) is 6.18 Å². The smallest absolute Gasteiger partial charge is 0.416 e. The van der Waals surface area contributed by atoms with Gasteiger partial charge in [-0.2, -0.15) is 23.3 Å². The largest absolute Gasteiger partial charge is 0.465 e. The molecule has 0 saturated carbocycles. The van der Waals surface area contributed by atoms with Crippen molar-refractivity contribution in [1.82, 2.24) is 15.2 Å². The minimum absolute atomic E-state index is 0.128. The molecule has 28 heavy (non-hydrogen) atoms. The van der Waals surface area contributed by atoms with E-state index in [0.29, 0.717) is 11.3 Å². The SMILES string of the molecule is COC(=O)c1ccc(Nc2nncc(Nc3cccc(C(F)(F)F)c3)n2)cc1. The van der Waals surface area contributed by atoms with Crippen LogP contribution in [0.3, 0.4) is 0 Å². The van der Waals surface area contributed by atoms with Crippen molar-refractivity contribution in [3.8, 4) is 0 Å². The molecule has 0 fully saturated rings. The van der Waals surface area contributed by atoms with Gasteiger partial charge in [0, 0.05) is 11.4 Å². The minimum Gasteiger partial charge on any atom is -0.465 e. The van der Waals surface area contributed by atoms with Crippen LogP contribution in [-0.4, -0.2) is 28.3 Å². The molecule has 0 aliphatic carbocycles. The van der Waals surface area contributed by atoms with E-state index < -0.39 is 17.7 Å². The molecule has 0 unspecified atom stereocenters. The first-order valence-electron chi connectivity index (χ1n) is 7.94. The molecule has 0 bridgehead atoms. The third kappa shape index (κ3) is 4.72. The lowest BCUT2D eigenvalue weighted by Gasteiger charge is -2.10. The van der Waals surface area contributed by atoms with E-state index in [9.17, 15) is 18.0 Å². The summed E-state index contributed by atoms with van der Waals surface area (Å²) in [5, 5.41) is 13.2. The van der Waals surface area contributed by atoms with Crippen LogP contribution in [0.5, 0.6) is 0 Å². The molecule has 0 atom stereocenters. The number of esters is 1. The third-order valence-electron chi connectivity index (χ3n) is 3.58. The lowest BCUT2D eigenvalue weighted by atomic mass is 10.2. The quantitative estimate of drug-likeness (QED) is 0.633. The molecule has 0 saturated heterocycles. The van der Waals surface area contributed by atoms with Gasteiger partial charge in [-0.05, 0) is 42.5 Å². The summed E-state index contributed by atoms with van der Waals surface area (Å²) < 4.78 is 43.1. The lowest BCUT2D eigenvalue weighted by Crippen LogP contribution is -2.06. The Morgan fingerprint density at radius 2 is 1.79 bits per heavy atom. The Bertz CT molecular complexity index is 977. The van der Waals surface area contributed by atoms with Crippen LogP contribution in [0.4, 0.5) is 36.3 Å². The molecule has 0 aliphatic heterocycles. The van der Waals surface area contributed by atoms with Crippen LogP contribution in [0.1, 0.15) is 15.9 Å². The average molecular weight is 389 g/mol. The summed E-state index contributed by atoms with van der Waals surface area (Å²) in [5.74, 6) is -0.123. The Hall–Kier alpha value is -3.69. The van der Waals surface area contributed by atoms with Crippen molar-refractivity contribution in [3.63, 3.8) is 0 Å². The number of carbonyl (C=O) groups excluding carboxylic acids is 1. The fourth-order valence-corrected chi connectivity index (χ4v) is 2.27. The Kier molecular flexibility index (Phi) is 5.39. The number of carbonyl (C=O) groups is 1. The third-order valence-corrected chi connectivity index (χ3v) is 3.58. The highest BCUT2D eigenvalue weighted by atomic mass is 19.4. The van der Waals surface area contributed by atoms with E-state index >= 15 is 0 Å². The fraction of sp³-hybridized carbons (Fsp3) is 0.111. The number of rotatable bonds is 5. The summed E-state index contributed by atoms with van der Waals surface area (Å²) in [6, 6.07) is 11.1. The molecule has 2 aromatic carbocycles. The van der Waals surface area contributed by atoms with Gasteiger partial charge in [-0.15, -0.1) is 5.10 Å². The number of ether oxygens (including phenoxy) is 1. The zero-order chi connectivity index (χ0) is 20.1. The van der Waals surface area contributed by atoms with Crippen LogP contribution in [0.25, 0.3) is 0 Å². The predicted octanol–water partition coefficient (Wildman–Crippen LogP) is 4.16. The second-order valence-corrected chi connectivity index (χ2v) is 5.56. The van der Waals surface area contributed by atoms with Crippen molar-refractivity contribution < 1.29 is 22.7 Å². The molecule has 1 heterocycles. The van der Waals surface area contributed by atoms with Crippen molar-refractivity contribution >= 4 is 29.1 Å². The van der Waals surface area contributed by atoms with Crippen molar-refractivity contribution in [2.24, 2.45) is 0 Å². The number of nitrogens with one attached hydrogen (secondary N) is 2. The lowest BCUT2D eigenvalue weighted by molar-refractivity contribution is -0.137. The Morgan fingerprint density at radius 3 is 2.46 bits per heavy atom. The maximum absolute atomic E-state index is 12.8. The van der Waals surface area contributed by atoms with Crippen molar-refractivity contribution in [1.29, 1.82) is 0 Å². The maximum atomic E-state index is 12.8. The maximum Gasteiger partial charge on any atom is 0.416 e. The monoisotopic (exact) mass is 389 g/mol. The average Bonchev–Trinajstić information content (AvgIpc) is 2.68. The van der Waals surface area contributed by atoms with E-state index in [1.54, 1.807) is 24.3 Å². The molecular weight excluding hydrogens is 375 g/mol. The van der Waals surface area contributed by atoms with Crippen LogP contribution >= 0.6 is 0 Å². The molecule has 0 spiro atoms. The molecule has 10 heteroatoms. The first-order chi connectivity index (χ1) is 13.3. The summed E-state index contributed by atoms with van der Waals surface area (Å²) in [6.45, 7) is 0. The summed E-state index contributed by atoms with van der Waals surface area (Å²) in [6.07, 6.45) is -3.16. The molecular formula is C18H14F3N5O2. The van der Waals surface area contributed by atoms with E-state index in [1.165, 1.54) is 25.4 Å². The number of aromatic nitrogens is 3. The minimum atomic E-state index is -4.44. The molecule has 3 rings (SSSR count). The predicted molar refractivity (Wildman–Crippen MR) is 95.6 cm³/mol. The van der Waals surface area contributed by atoms with Gasteiger partial charge in [-0.1, -0.05) is 6.07 Å². The number of alkyl halides is 3. The van der Waals surface area contributed by atoms with Crippen molar-refractivity contribution in [2.75, 3.05) is 17.7 Å². The van der Waals surface area contributed by atoms with Crippen LogP contribution in [0, 0.1) is 0 Å². The number of hydrogen-bond donors (Lipinski definition) is 2. The summed E-state index contributed by atoms with van der Waals surface area (Å²) >= 11 is 0. The van der Waals surface area contributed by atoms with E-state index in [0.717, 1.165) is 12.1 Å². The van der Waals surface area contributed by atoms with Crippen LogP contribution in [0.2, 0.25) is 0 Å². The number of nitrogens with zero attached hydrogens (tertiary/aromatic N) is 3. The number of benzene rings is 2. The zero-order valence-electron chi connectivity index (χ0n) is 14.5. The first-order valence-corrected chi connectivity index (χ1v) is 7.94. The summed E-state index contributed by atoms with van der Waals surface area (Å²) in [7, 11) is 1.29. The van der Waals surface area contributed by atoms with E-state index in [2.05, 4.69) is 30.6 Å². The van der Waals surface area contributed by atoms with Gasteiger partial charge in [0.05, 0.1) is 24.4 Å². The standard InChI is InChI=1S/C18H14F3N5O2/c1-28-16(27)11-5-7-13(8-6-11)24-17-25-15(10-22-26-17)23-14-4-2-3-12(9-14)18(19,20)21/h2-10H,1H3,(H2,23,24,25,26). The molecule has 7 nitrogen and oxygen atoms in total. The molecule has 144 valence electrons. The topological polar surface area (TPSA) is 89.0 Å². The molecule has 0 amide bonds. The summed E-state index contributed by atoms with van der Waals surface area (Å²) in [4.78, 5) is 15.6. The number of anilines is 4. The van der Waals surface area contributed by atoms with Gasteiger partial charge in [-0.25, -0.2) is 4.79 Å². The molecule has 2 N–H and O–H groups in total. The van der Waals surface area contributed by atoms with Crippen LogP contribution < -0.4 is 10.6 Å². The zero-order valence-corrected chi connectivity index (χ0v) is 14.5. The highest BCUT2D eigenvalue weighted by Gasteiger charge is 2.30. The highest BCUT2D eigenvalue weighted by molar-refractivity contribution is 5.89. The second kappa shape index (κ2) is 7.91. The number of hydrogen-bond acceptors (Lipinski definition) is 7. The van der Waals surface area contributed by atoms with E-state index in [1.807, 2.05) is 0 Å². The van der Waals surface area contributed by atoms with E-state index in [4.69, 9.17) is 0 Å². The highest BCUT2D eigenvalue weighted by Crippen LogP contribution is 2.31. The Morgan fingerprint density at radius 1 is 1.04 bits per heavy atom. The van der Waals surface area contributed by atoms with Crippen LogP contribution in [0.15, 0.2) is 54.7 Å². The van der Waals surface area contributed by atoms with E-state index in [-0.39, 0.29) is 17.5 Å².